The van der Waals surface area contributed by atoms with Crippen LogP contribution in [-0.2, 0) is 0 Å². The van der Waals surface area contributed by atoms with E-state index in [9.17, 15) is 4.79 Å². The van der Waals surface area contributed by atoms with Gasteiger partial charge in [-0.15, -0.1) is 0 Å². The van der Waals surface area contributed by atoms with Gasteiger partial charge in [0.05, 0.1) is 11.1 Å². The van der Waals surface area contributed by atoms with Crippen molar-refractivity contribution in [3.63, 3.8) is 0 Å². The van der Waals surface area contributed by atoms with Gasteiger partial charge in [-0.2, -0.15) is 0 Å². The van der Waals surface area contributed by atoms with Crippen molar-refractivity contribution in [1.29, 1.82) is 0 Å². The van der Waals surface area contributed by atoms with Crippen LogP contribution in [0.2, 0.25) is 0 Å². The highest BCUT2D eigenvalue weighted by Crippen LogP contribution is 2.24. The number of rotatable bonds is 2. The van der Waals surface area contributed by atoms with E-state index in [2.05, 4.69) is 9.97 Å². The monoisotopic (exact) mass is 284 g/mol. The van der Waals surface area contributed by atoms with Crippen molar-refractivity contribution in [2.24, 2.45) is 5.73 Å². The van der Waals surface area contributed by atoms with Crippen LogP contribution in [0.1, 0.15) is 36.0 Å². The highest BCUT2D eigenvalue weighted by Gasteiger charge is 2.26. The minimum Gasteiger partial charge on any atom is -0.339 e. The van der Waals surface area contributed by atoms with Gasteiger partial charge in [-0.3, -0.25) is 14.8 Å². The average molecular weight is 284 g/mol. The molecule has 0 aliphatic heterocycles. The predicted molar refractivity (Wildman–Crippen MR) is 81.9 cm³/mol. The molecule has 0 radical (unpaired) electrons. The summed E-state index contributed by atoms with van der Waals surface area (Å²) in [6.45, 7) is 0. The number of nitrogens with two attached hydrogens (primary N) is 1. The fourth-order valence-electron chi connectivity index (χ4n) is 3.01. The second kappa shape index (κ2) is 5.77. The Labute approximate surface area is 124 Å². The second-order valence-electron chi connectivity index (χ2n) is 5.71. The third-order valence-corrected chi connectivity index (χ3v) is 4.34. The minimum atomic E-state index is 0.0153. The Morgan fingerprint density at radius 2 is 1.90 bits per heavy atom. The fourth-order valence-corrected chi connectivity index (χ4v) is 3.01. The van der Waals surface area contributed by atoms with Gasteiger partial charge < -0.3 is 10.6 Å². The van der Waals surface area contributed by atoms with Crippen LogP contribution >= 0.6 is 0 Å². The van der Waals surface area contributed by atoms with Crippen LogP contribution < -0.4 is 5.73 Å². The predicted octanol–water partition coefficient (Wildman–Crippen LogP) is 1.97. The third-order valence-electron chi connectivity index (χ3n) is 4.34. The van der Waals surface area contributed by atoms with E-state index in [4.69, 9.17) is 5.73 Å². The summed E-state index contributed by atoms with van der Waals surface area (Å²) in [4.78, 5) is 23.2. The van der Waals surface area contributed by atoms with E-state index in [-0.39, 0.29) is 18.0 Å². The van der Waals surface area contributed by atoms with Gasteiger partial charge in [0, 0.05) is 31.5 Å². The number of nitrogens with zero attached hydrogens (tertiary/aromatic N) is 3. The summed E-state index contributed by atoms with van der Waals surface area (Å²) in [6, 6.07) is 6.11. The Kier molecular flexibility index (Phi) is 3.84. The molecule has 1 aliphatic carbocycles. The Balaban J connectivity index is 1.86. The quantitative estimate of drug-likeness (QED) is 0.915. The molecule has 0 saturated heterocycles. The molecule has 2 aromatic rings. The first-order valence-electron chi connectivity index (χ1n) is 7.39. The molecule has 1 aromatic carbocycles. The summed E-state index contributed by atoms with van der Waals surface area (Å²) in [7, 11) is 1.87. The van der Waals surface area contributed by atoms with Crippen molar-refractivity contribution >= 4 is 16.9 Å². The molecule has 2 N–H and O–H groups in total. The molecule has 0 unspecified atom stereocenters. The largest absolute Gasteiger partial charge is 0.339 e. The summed E-state index contributed by atoms with van der Waals surface area (Å²) in [5.41, 5.74) is 7.98. The second-order valence-corrected chi connectivity index (χ2v) is 5.71. The number of amides is 1. The lowest BCUT2D eigenvalue weighted by Crippen LogP contribution is -2.41. The van der Waals surface area contributed by atoms with Crippen molar-refractivity contribution in [3.8, 4) is 0 Å². The van der Waals surface area contributed by atoms with Gasteiger partial charge in [0.25, 0.3) is 5.91 Å². The zero-order valence-corrected chi connectivity index (χ0v) is 12.2. The van der Waals surface area contributed by atoms with Crippen molar-refractivity contribution in [3.05, 3.63) is 36.2 Å². The molecule has 1 aliphatic rings. The third kappa shape index (κ3) is 2.74. The molecular formula is C16H20N4O. The van der Waals surface area contributed by atoms with Crippen LogP contribution in [0.15, 0.2) is 30.6 Å². The molecule has 1 fully saturated rings. The molecule has 1 saturated carbocycles. The number of carbonyl (C=O) groups is 1. The number of fused-ring (bicyclic) bond motifs is 1. The zero-order valence-electron chi connectivity index (χ0n) is 12.2. The number of hydrogen-bond acceptors (Lipinski definition) is 4. The number of hydrogen-bond donors (Lipinski definition) is 1. The van der Waals surface area contributed by atoms with E-state index < -0.39 is 0 Å². The Hall–Kier alpha value is -2.01. The number of aromatic nitrogens is 2. The molecule has 5 nitrogen and oxygen atoms in total. The van der Waals surface area contributed by atoms with E-state index in [1.54, 1.807) is 12.4 Å². The lowest BCUT2D eigenvalue weighted by Gasteiger charge is -2.33. The molecule has 0 spiro atoms. The Morgan fingerprint density at radius 3 is 2.67 bits per heavy atom. The molecule has 5 heteroatoms. The maximum Gasteiger partial charge on any atom is 0.256 e. The molecule has 1 heterocycles. The summed E-state index contributed by atoms with van der Waals surface area (Å²) in [5.74, 6) is 0.0153. The Bertz CT molecular complexity index is 644. The van der Waals surface area contributed by atoms with E-state index in [0.29, 0.717) is 11.1 Å². The fraction of sp³-hybridized carbons (Fsp3) is 0.438. The van der Waals surface area contributed by atoms with Crippen molar-refractivity contribution in [1.82, 2.24) is 14.9 Å². The first-order valence-corrected chi connectivity index (χ1v) is 7.39. The van der Waals surface area contributed by atoms with Crippen molar-refractivity contribution in [2.45, 2.75) is 37.8 Å². The molecule has 0 atom stereocenters. The average Bonchev–Trinajstić information content (AvgIpc) is 2.53. The van der Waals surface area contributed by atoms with Gasteiger partial charge in [0.1, 0.15) is 5.52 Å². The van der Waals surface area contributed by atoms with Gasteiger partial charge in [-0.25, -0.2) is 0 Å². The van der Waals surface area contributed by atoms with Gasteiger partial charge in [-0.05, 0) is 37.8 Å². The van der Waals surface area contributed by atoms with Crippen LogP contribution in [0.3, 0.4) is 0 Å². The number of para-hydroxylation sites is 1. The highest BCUT2D eigenvalue weighted by molar-refractivity contribution is 6.04. The van der Waals surface area contributed by atoms with Gasteiger partial charge in [-0.1, -0.05) is 6.07 Å². The Morgan fingerprint density at radius 1 is 1.19 bits per heavy atom. The molecule has 110 valence electrons. The van der Waals surface area contributed by atoms with Crippen LogP contribution in [-0.4, -0.2) is 39.9 Å². The van der Waals surface area contributed by atoms with Gasteiger partial charge in [0.15, 0.2) is 0 Å². The zero-order chi connectivity index (χ0) is 14.8. The first-order chi connectivity index (χ1) is 10.2. The smallest absolute Gasteiger partial charge is 0.256 e. The molecular weight excluding hydrogens is 264 g/mol. The summed E-state index contributed by atoms with van der Waals surface area (Å²) >= 11 is 0. The van der Waals surface area contributed by atoms with Gasteiger partial charge in [0.2, 0.25) is 0 Å². The summed E-state index contributed by atoms with van der Waals surface area (Å²) in [6.07, 6.45) is 7.18. The number of carbonyl (C=O) groups excluding carboxylic acids is 1. The van der Waals surface area contributed by atoms with Crippen molar-refractivity contribution < 1.29 is 4.79 Å². The SMILES string of the molecule is CN(C(=O)c1cccc2nccnc12)C1CCC(N)CC1. The van der Waals surface area contributed by atoms with Crippen LogP contribution in [0.5, 0.6) is 0 Å². The maximum absolute atomic E-state index is 12.8. The van der Waals surface area contributed by atoms with Crippen molar-refractivity contribution in [2.75, 3.05) is 7.05 Å². The summed E-state index contributed by atoms with van der Waals surface area (Å²) < 4.78 is 0. The van der Waals surface area contributed by atoms with E-state index in [1.807, 2.05) is 30.1 Å². The maximum atomic E-state index is 12.8. The number of benzene rings is 1. The molecule has 0 bridgehead atoms. The molecule has 1 amide bonds. The lowest BCUT2D eigenvalue weighted by atomic mass is 9.90. The van der Waals surface area contributed by atoms with E-state index >= 15 is 0 Å². The van der Waals surface area contributed by atoms with Gasteiger partial charge >= 0.3 is 0 Å². The van der Waals surface area contributed by atoms with Crippen LogP contribution in [0, 0.1) is 0 Å². The lowest BCUT2D eigenvalue weighted by molar-refractivity contribution is 0.0691. The standard InChI is InChI=1S/C16H20N4O/c1-20(12-7-5-11(17)6-8-12)16(21)13-3-2-4-14-15(13)19-10-9-18-14/h2-4,9-12H,5-8,17H2,1H3. The topological polar surface area (TPSA) is 72.1 Å². The summed E-state index contributed by atoms with van der Waals surface area (Å²) in [5, 5.41) is 0. The normalized spacial score (nSPS) is 22.2. The molecule has 21 heavy (non-hydrogen) atoms. The first kappa shape index (κ1) is 13.9. The minimum absolute atomic E-state index is 0.0153. The van der Waals surface area contributed by atoms with Crippen LogP contribution in [0.4, 0.5) is 0 Å². The van der Waals surface area contributed by atoms with E-state index in [1.165, 1.54) is 0 Å². The molecule has 1 aromatic heterocycles. The van der Waals surface area contributed by atoms with Crippen LogP contribution in [0.25, 0.3) is 11.0 Å². The molecule has 3 rings (SSSR count). The highest BCUT2D eigenvalue weighted by atomic mass is 16.2. The van der Waals surface area contributed by atoms with E-state index in [0.717, 1.165) is 31.2 Å².